The first-order valence-electron chi connectivity index (χ1n) is 6.22. The Kier molecular flexibility index (Phi) is 5.16. The molecule has 1 unspecified atom stereocenters. The summed E-state index contributed by atoms with van der Waals surface area (Å²) in [5.74, 6) is 0.598. The number of aryl methyl sites for hydroxylation is 1. The molecule has 0 bridgehead atoms. The van der Waals surface area contributed by atoms with Gasteiger partial charge in [-0.05, 0) is 44.5 Å². The third-order valence-electron chi connectivity index (χ3n) is 2.61. The smallest absolute Gasteiger partial charge is 0.228 e. The second kappa shape index (κ2) is 6.40. The molecule has 0 aromatic heterocycles. The molecule has 100 valence electrons. The highest BCUT2D eigenvalue weighted by Crippen LogP contribution is 2.23. The van der Waals surface area contributed by atoms with Gasteiger partial charge < -0.3 is 15.8 Å². The van der Waals surface area contributed by atoms with Gasteiger partial charge in [-0.1, -0.05) is 6.92 Å². The summed E-state index contributed by atoms with van der Waals surface area (Å²) >= 11 is 0. The van der Waals surface area contributed by atoms with Gasteiger partial charge in [0.25, 0.3) is 0 Å². The molecule has 4 nitrogen and oxygen atoms in total. The maximum absolute atomic E-state index is 11.7. The van der Waals surface area contributed by atoms with Gasteiger partial charge in [-0.3, -0.25) is 4.79 Å². The molecule has 0 aliphatic heterocycles. The van der Waals surface area contributed by atoms with Gasteiger partial charge in [0.05, 0.1) is 6.10 Å². The van der Waals surface area contributed by atoms with Gasteiger partial charge >= 0.3 is 0 Å². The molecule has 0 heterocycles. The van der Waals surface area contributed by atoms with E-state index in [1.54, 1.807) is 6.92 Å². The number of nitrogens with two attached hydrogens (primary N) is 1. The average Bonchev–Trinajstić information content (AvgIpc) is 2.31. The first kappa shape index (κ1) is 14.5. The first-order chi connectivity index (χ1) is 8.43. The molecule has 0 aliphatic rings. The van der Waals surface area contributed by atoms with Gasteiger partial charge in [-0.25, -0.2) is 0 Å². The van der Waals surface area contributed by atoms with Crippen molar-refractivity contribution in [1.29, 1.82) is 0 Å². The van der Waals surface area contributed by atoms with E-state index in [4.69, 9.17) is 10.5 Å². The summed E-state index contributed by atoms with van der Waals surface area (Å²) in [6.07, 6.45) is 0.140. The monoisotopic (exact) mass is 250 g/mol. The van der Waals surface area contributed by atoms with Crippen LogP contribution in [0.15, 0.2) is 18.2 Å². The van der Waals surface area contributed by atoms with Crippen LogP contribution in [0.2, 0.25) is 0 Å². The lowest BCUT2D eigenvalue weighted by Gasteiger charge is -2.14. The highest BCUT2D eigenvalue weighted by Gasteiger charge is 2.11. The van der Waals surface area contributed by atoms with E-state index in [1.807, 2.05) is 39.0 Å². The molecule has 0 radical (unpaired) electrons. The minimum absolute atomic E-state index is 0.0607. The Bertz CT molecular complexity index is 416. The van der Waals surface area contributed by atoms with Crippen molar-refractivity contribution in [3.05, 3.63) is 23.8 Å². The lowest BCUT2D eigenvalue weighted by atomic mass is 10.1. The number of carbonyl (C=O) groups is 1. The zero-order chi connectivity index (χ0) is 13.7. The lowest BCUT2D eigenvalue weighted by Crippen LogP contribution is -2.26. The molecule has 0 fully saturated rings. The number of carbonyl (C=O) groups excluding carboxylic acids is 1. The summed E-state index contributed by atoms with van der Waals surface area (Å²) in [5, 5.41) is 2.84. The van der Waals surface area contributed by atoms with Crippen LogP contribution in [0, 0.1) is 12.8 Å². The van der Waals surface area contributed by atoms with E-state index < -0.39 is 0 Å². The van der Waals surface area contributed by atoms with Crippen LogP contribution >= 0.6 is 0 Å². The molecule has 1 rings (SSSR count). The number of rotatable bonds is 5. The normalized spacial score (nSPS) is 12.3. The maximum atomic E-state index is 11.7. The molecule has 1 amide bonds. The summed E-state index contributed by atoms with van der Waals surface area (Å²) in [6.45, 7) is 8.08. The minimum atomic E-state index is -0.183. The van der Waals surface area contributed by atoms with Crippen LogP contribution in [0.1, 0.15) is 26.3 Å². The Morgan fingerprint density at radius 3 is 2.56 bits per heavy atom. The number of ether oxygens (including phenoxy) is 1. The van der Waals surface area contributed by atoms with Gasteiger partial charge in [0.15, 0.2) is 0 Å². The van der Waals surface area contributed by atoms with Gasteiger partial charge in [0.2, 0.25) is 5.91 Å². The fourth-order valence-electron chi connectivity index (χ4n) is 1.49. The quantitative estimate of drug-likeness (QED) is 0.843. The van der Waals surface area contributed by atoms with Crippen molar-refractivity contribution in [3.63, 3.8) is 0 Å². The Hall–Kier alpha value is -1.55. The molecule has 1 atom stereocenters. The second-order valence-electron chi connectivity index (χ2n) is 4.77. The van der Waals surface area contributed by atoms with Crippen LogP contribution in [0.4, 0.5) is 5.69 Å². The summed E-state index contributed by atoms with van der Waals surface area (Å²) < 4.78 is 5.64. The van der Waals surface area contributed by atoms with Gasteiger partial charge in [0.1, 0.15) is 5.75 Å². The Balaban J connectivity index is 2.75. The Labute approximate surface area is 109 Å². The van der Waals surface area contributed by atoms with E-state index in [-0.39, 0.29) is 17.9 Å². The first-order valence-corrected chi connectivity index (χ1v) is 6.22. The molecular formula is C14H22N2O2. The molecule has 0 saturated heterocycles. The molecule has 3 N–H and O–H groups in total. The summed E-state index contributed by atoms with van der Waals surface area (Å²) in [4.78, 5) is 11.7. The molecular weight excluding hydrogens is 228 g/mol. The summed E-state index contributed by atoms with van der Waals surface area (Å²) in [6, 6.07) is 5.61. The number of anilines is 1. The average molecular weight is 250 g/mol. The lowest BCUT2D eigenvalue weighted by molar-refractivity contribution is -0.119. The Morgan fingerprint density at radius 2 is 2.06 bits per heavy atom. The zero-order valence-electron chi connectivity index (χ0n) is 11.5. The standard InChI is InChI=1S/C14H22N2O2/c1-9(2)18-13-6-5-12(7-10(13)3)16-14(17)11(4)8-15/h5-7,9,11H,8,15H2,1-4H3,(H,16,17). The zero-order valence-corrected chi connectivity index (χ0v) is 11.5. The fraction of sp³-hybridized carbons (Fsp3) is 0.500. The minimum Gasteiger partial charge on any atom is -0.491 e. The summed E-state index contributed by atoms with van der Waals surface area (Å²) in [5.41, 5.74) is 7.23. The van der Waals surface area contributed by atoms with Crippen molar-refractivity contribution >= 4 is 11.6 Å². The fourth-order valence-corrected chi connectivity index (χ4v) is 1.49. The topological polar surface area (TPSA) is 64.4 Å². The highest BCUT2D eigenvalue weighted by atomic mass is 16.5. The van der Waals surface area contributed by atoms with Crippen molar-refractivity contribution in [2.45, 2.75) is 33.8 Å². The number of hydrogen-bond acceptors (Lipinski definition) is 3. The third-order valence-corrected chi connectivity index (χ3v) is 2.61. The molecule has 4 heteroatoms. The van der Waals surface area contributed by atoms with Crippen molar-refractivity contribution in [1.82, 2.24) is 0 Å². The highest BCUT2D eigenvalue weighted by molar-refractivity contribution is 5.92. The Morgan fingerprint density at radius 1 is 1.39 bits per heavy atom. The number of amides is 1. The van der Waals surface area contributed by atoms with Crippen LogP contribution in [-0.4, -0.2) is 18.6 Å². The number of nitrogens with one attached hydrogen (secondary N) is 1. The van der Waals surface area contributed by atoms with Crippen molar-refractivity contribution in [3.8, 4) is 5.75 Å². The van der Waals surface area contributed by atoms with E-state index in [2.05, 4.69) is 5.32 Å². The van der Waals surface area contributed by atoms with E-state index >= 15 is 0 Å². The molecule has 0 spiro atoms. The van der Waals surface area contributed by atoms with Gasteiger partial charge in [-0.2, -0.15) is 0 Å². The van der Waals surface area contributed by atoms with Gasteiger partial charge in [0, 0.05) is 18.2 Å². The van der Waals surface area contributed by atoms with Crippen molar-refractivity contribution < 1.29 is 9.53 Å². The van der Waals surface area contributed by atoms with Crippen LogP contribution < -0.4 is 15.8 Å². The molecule has 1 aromatic carbocycles. The van der Waals surface area contributed by atoms with E-state index in [1.165, 1.54) is 0 Å². The van der Waals surface area contributed by atoms with E-state index in [9.17, 15) is 4.79 Å². The number of hydrogen-bond donors (Lipinski definition) is 2. The predicted octanol–water partition coefficient (Wildman–Crippen LogP) is 2.32. The predicted molar refractivity (Wildman–Crippen MR) is 73.8 cm³/mol. The second-order valence-corrected chi connectivity index (χ2v) is 4.77. The maximum Gasteiger partial charge on any atom is 0.228 e. The van der Waals surface area contributed by atoms with Crippen molar-refractivity contribution in [2.24, 2.45) is 11.7 Å². The summed E-state index contributed by atoms with van der Waals surface area (Å²) in [7, 11) is 0. The van der Waals surface area contributed by atoms with Crippen LogP contribution in [0.5, 0.6) is 5.75 Å². The van der Waals surface area contributed by atoms with Crippen LogP contribution in [-0.2, 0) is 4.79 Å². The largest absolute Gasteiger partial charge is 0.491 e. The van der Waals surface area contributed by atoms with Crippen LogP contribution in [0.3, 0.4) is 0 Å². The van der Waals surface area contributed by atoms with Crippen LogP contribution in [0.25, 0.3) is 0 Å². The molecule has 0 aliphatic carbocycles. The van der Waals surface area contributed by atoms with Gasteiger partial charge in [-0.15, -0.1) is 0 Å². The number of benzene rings is 1. The van der Waals surface area contributed by atoms with E-state index in [0.29, 0.717) is 6.54 Å². The SMILES string of the molecule is Cc1cc(NC(=O)C(C)CN)ccc1OC(C)C. The third kappa shape index (κ3) is 4.04. The van der Waals surface area contributed by atoms with E-state index in [0.717, 1.165) is 17.0 Å². The van der Waals surface area contributed by atoms with Crippen molar-refractivity contribution in [2.75, 3.05) is 11.9 Å². The molecule has 0 saturated carbocycles. The molecule has 18 heavy (non-hydrogen) atoms. The molecule has 1 aromatic rings.